The van der Waals surface area contributed by atoms with Crippen LogP contribution in [0.15, 0.2) is 57.3 Å². The molecule has 2 unspecified atom stereocenters. The molecule has 9 heteroatoms. The van der Waals surface area contributed by atoms with E-state index in [1.54, 1.807) is 13.4 Å². The lowest BCUT2D eigenvalue weighted by Crippen LogP contribution is -2.34. The second-order valence-electron chi connectivity index (χ2n) is 10.1. The molecule has 184 valence electrons. The minimum atomic E-state index is -0.151. The van der Waals surface area contributed by atoms with Crippen molar-refractivity contribution in [3.63, 3.8) is 0 Å². The SMILES string of the molecule is COc1cccc(-c2nnc(SCC(=O)N/N=C3\CC4CCC3(C)C4(C)C)n2Cc2ccco2)c1. The number of hydrogen-bond acceptors (Lipinski definition) is 7. The molecule has 1 N–H and O–H groups in total. The van der Waals surface area contributed by atoms with E-state index in [2.05, 4.69) is 41.5 Å². The molecule has 2 atom stereocenters. The third-order valence-corrected chi connectivity index (χ3v) is 9.07. The van der Waals surface area contributed by atoms with Crippen molar-refractivity contribution in [1.82, 2.24) is 20.2 Å². The van der Waals surface area contributed by atoms with Gasteiger partial charge in [-0.25, -0.2) is 5.43 Å². The number of carbonyl (C=O) groups excluding carboxylic acids is 1. The molecule has 2 fully saturated rings. The molecular formula is C26H31N5O3S. The van der Waals surface area contributed by atoms with Crippen LogP contribution in [-0.2, 0) is 11.3 Å². The van der Waals surface area contributed by atoms with Crippen LogP contribution in [0.3, 0.4) is 0 Å². The molecule has 8 nitrogen and oxygen atoms in total. The molecule has 2 aromatic heterocycles. The fraction of sp³-hybridized carbons (Fsp3) is 0.462. The van der Waals surface area contributed by atoms with Crippen LogP contribution < -0.4 is 10.2 Å². The molecule has 2 saturated carbocycles. The normalized spacial score (nSPS) is 23.7. The van der Waals surface area contributed by atoms with E-state index in [1.165, 1.54) is 18.2 Å². The van der Waals surface area contributed by atoms with Crippen molar-refractivity contribution >= 4 is 23.4 Å². The number of nitrogens with zero attached hydrogens (tertiary/aromatic N) is 4. The van der Waals surface area contributed by atoms with Crippen molar-refractivity contribution in [2.24, 2.45) is 21.8 Å². The predicted molar refractivity (Wildman–Crippen MR) is 135 cm³/mol. The van der Waals surface area contributed by atoms with Crippen molar-refractivity contribution in [1.29, 1.82) is 0 Å². The first-order chi connectivity index (χ1) is 16.8. The van der Waals surface area contributed by atoms with Crippen LogP contribution in [-0.4, -0.2) is 39.2 Å². The largest absolute Gasteiger partial charge is 0.497 e. The van der Waals surface area contributed by atoms with Gasteiger partial charge in [-0.3, -0.25) is 9.36 Å². The molecule has 0 aliphatic heterocycles. The summed E-state index contributed by atoms with van der Waals surface area (Å²) in [6, 6.07) is 11.4. The highest BCUT2D eigenvalue weighted by atomic mass is 32.2. The van der Waals surface area contributed by atoms with E-state index < -0.39 is 0 Å². The van der Waals surface area contributed by atoms with Crippen molar-refractivity contribution in [2.45, 2.75) is 51.7 Å². The lowest BCUT2D eigenvalue weighted by molar-refractivity contribution is -0.118. The van der Waals surface area contributed by atoms with Gasteiger partial charge in [-0.15, -0.1) is 10.2 Å². The Balaban J connectivity index is 1.31. The highest BCUT2D eigenvalue weighted by Crippen LogP contribution is 2.63. The summed E-state index contributed by atoms with van der Waals surface area (Å²) < 4.78 is 12.9. The Hall–Kier alpha value is -3.07. The molecule has 0 radical (unpaired) electrons. The molecule has 35 heavy (non-hydrogen) atoms. The molecule has 2 heterocycles. The minimum Gasteiger partial charge on any atom is -0.497 e. The van der Waals surface area contributed by atoms with E-state index in [9.17, 15) is 4.79 Å². The number of ether oxygens (including phenoxy) is 1. The minimum absolute atomic E-state index is 0.0624. The summed E-state index contributed by atoms with van der Waals surface area (Å²) >= 11 is 1.33. The first kappa shape index (κ1) is 23.7. The number of fused-ring (bicyclic) bond motifs is 2. The average Bonchev–Trinajstić information content (AvgIpc) is 3.60. The van der Waals surface area contributed by atoms with Gasteiger partial charge in [0.15, 0.2) is 11.0 Å². The maximum atomic E-state index is 12.7. The van der Waals surface area contributed by atoms with Crippen LogP contribution in [0.25, 0.3) is 11.4 Å². The first-order valence-corrected chi connectivity index (χ1v) is 12.9. The van der Waals surface area contributed by atoms with Crippen LogP contribution in [0.2, 0.25) is 0 Å². The highest BCUT2D eigenvalue weighted by molar-refractivity contribution is 7.99. The maximum absolute atomic E-state index is 12.7. The van der Waals surface area contributed by atoms with Crippen molar-refractivity contribution in [3.05, 3.63) is 48.4 Å². The zero-order chi connectivity index (χ0) is 24.6. The first-order valence-electron chi connectivity index (χ1n) is 11.9. The number of methoxy groups -OCH3 is 1. The van der Waals surface area contributed by atoms with E-state index in [4.69, 9.17) is 9.15 Å². The second-order valence-corrected chi connectivity index (χ2v) is 11.0. The lowest BCUT2D eigenvalue weighted by Gasteiger charge is -2.34. The smallest absolute Gasteiger partial charge is 0.250 e. The van der Waals surface area contributed by atoms with E-state index in [1.807, 2.05) is 41.0 Å². The standard InChI is InChI=1S/C26H31N5O3S/c1-25(2)18-10-11-26(25,3)21(14-18)27-28-22(32)16-35-24-30-29-23(17-7-5-8-19(13-17)33-4)31(24)15-20-9-6-12-34-20/h5-9,12-13,18H,10-11,14-16H2,1-4H3,(H,28,32)/b27-21+. The van der Waals surface area contributed by atoms with Gasteiger partial charge >= 0.3 is 0 Å². The van der Waals surface area contributed by atoms with Gasteiger partial charge in [0.1, 0.15) is 11.5 Å². The molecule has 5 rings (SSSR count). The molecule has 0 saturated heterocycles. The molecule has 2 aliphatic rings. The molecule has 1 amide bonds. The average molecular weight is 494 g/mol. The lowest BCUT2D eigenvalue weighted by atomic mass is 9.70. The molecule has 2 bridgehead atoms. The quantitative estimate of drug-likeness (QED) is 0.350. The van der Waals surface area contributed by atoms with Gasteiger partial charge in [0.05, 0.1) is 25.7 Å². The van der Waals surface area contributed by atoms with Crippen LogP contribution in [0.5, 0.6) is 5.75 Å². The predicted octanol–water partition coefficient (Wildman–Crippen LogP) is 5.01. The fourth-order valence-electron chi connectivity index (χ4n) is 5.46. The Bertz CT molecular complexity index is 1250. The fourth-order valence-corrected chi connectivity index (χ4v) is 6.19. The van der Waals surface area contributed by atoms with Crippen molar-refractivity contribution in [3.8, 4) is 17.1 Å². The summed E-state index contributed by atoms with van der Waals surface area (Å²) in [7, 11) is 1.63. The number of benzene rings is 1. The number of amides is 1. The number of aromatic nitrogens is 3. The number of rotatable bonds is 8. The number of hydrogen-bond donors (Lipinski definition) is 1. The Kier molecular flexibility index (Phi) is 6.21. The zero-order valence-corrected chi connectivity index (χ0v) is 21.4. The molecule has 2 aliphatic carbocycles. The third-order valence-electron chi connectivity index (χ3n) is 8.10. The Morgan fingerprint density at radius 1 is 1.29 bits per heavy atom. The van der Waals surface area contributed by atoms with Crippen molar-refractivity contribution in [2.75, 3.05) is 12.9 Å². The van der Waals surface area contributed by atoms with Crippen molar-refractivity contribution < 1.29 is 13.9 Å². The second kappa shape index (κ2) is 9.18. The van der Waals surface area contributed by atoms with E-state index in [0.29, 0.717) is 23.4 Å². The Morgan fingerprint density at radius 3 is 2.83 bits per heavy atom. The van der Waals surface area contributed by atoms with Gasteiger partial charge in [0.25, 0.3) is 5.91 Å². The van der Waals surface area contributed by atoms with Gasteiger partial charge in [0.2, 0.25) is 0 Å². The summed E-state index contributed by atoms with van der Waals surface area (Å²) in [5, 5.41) is 14.0. The topological polar surface area (TPSA) is 94.5 Å². The Labute approximate surface area is 209 Å². The number of nitrogens with one attached hydrogen (secondary N) is 1. The summed E-state index contributed by atoms with van der Waals surface area (Å²) in [5.41, 5.74) is 5.08. The highest BCUT2D eigenvalue weighted by Gasteiger charge is 2.60. The summed E-state index contributed by atoms with van der Waals surface area (Å²) in [6.07, 6.45) is 4.99. The molecular weight excluding hydrogens is 462 g/mol. The zero-order valence-electron chi connectivity index (χ0n) is 20.6. The molecule has 1 aromatic carbocycles. The summed E-state index contributed by atoms with van der Waals surface area (Å²) in [5.74, 6) is 2.88. The van der Waals surface area contributed by atoms with E-state index in [-0.39, 0.29) is 22.5 Å². The van der Waals surface area contributed by atoms with Gasteiger partial charge in [-0.2, -0.15) is 5.10 Å². The number of hydrazone groups is 1. The van der Waals surface area contributed by atoms with E-state index >= 15 is 0 Å². The number of furan rings is 1. The monoisotopic (exact) mass is 493 g/mol. The van der Waals surface area contributed by atoms with Crippen LogP contribution >= 0.6 is 11.8 Å². The van der Waals surface area contributed by atoms with Crippen LogP contribution in [0.1, 0.15) is 45.8 Å². The van der Waals surface area contributed by atoms with Gasteiger partial charge in [-0.1, -0.05) is 44.7 Å². The van der Waals surface area contributed by atoms with Gasteiger partial charge in [0, 0.05) is 16.7 Å². The Morgan fingerprint density at radius 2 is 2.14 bits per heavy atom. The molecule has 3 aromatic rings. The number of carbonyl (C=O) groups is 1. The van der Waals surface area contributed by atoms with Crippen LogP contribution in [0.4, 0.5) is 0 Å². The van der Waals surface area contributed by atoms with E-state index in [0.717, 1.165) is 35.6 Å². The summed E-state index contributed by atoms with van der Waals surface area (Å²) in [4.78, 5) is 12.7. The molecule has 0 spiro atoms. The van der Waals surface area contributed by atoms with Gasteiger partial charge in [-0.05, 0) is 54.9 Å². The van der Waals surface area contributed by atoms with Gasteiger partial charge < -0.3 is 9.15 Å². The summed E-state index contributed by atoms with van der Waals surface area (Å²) in [6.45, 7) is 7.40. The third kappa shape index (κ3) is 4.26. The van der Waals surface area contributed by atoms with Crippen LogP contribution in [0, 0.1) is 16.7 Å². The maximum Gasteiger partial charge on any atom is 0.250 e. The number of thioether (sulfide) groups is 1.